The number of benzene rings is 1. The largest absolute Gasteiger partial charge is 0.393 e. The van der Waals surface area contributed by atoms with Crippen molar-refractivity contribution in [2.45, 2.75) is 38.7 Å². The first-order valence-corrected chi connectivity index (χ1v) is 5.99. The molecule has 0 saturated heterocycles. The van der Waals surface area contributed by atoms with Crippen molar-refractivity contribution in [2.24, 2.45) is 11.8 Å². The Morgan fingerprint density at radius 3 is 2.53 bits per heavy atom. The van der Waals surface area contributed by atoms with E-state index in [4.69, 9.17) is 0 Å². The molecular formula is C14H20O. The van der Waals surface area contributed by atoms with Crippen LogP contribution in [0.5, 0.6) is 0 Å². The summed E-state index contributed by atoms with van der Waals surface area (Å²) in [7, 11) is 0. The highest BCUT2D eigenvalue weighted by Gasteiger charge is 2.30. The van der Waals surface area contributed by atoms with Gasteiger partial charge in [-0.25, -0.2) is 0 Å². The maximum Gasteiger partial charge on any atom is 0.0568 e. The summed E-state index contributed by atoms with van der Waals surface area (Å²) in [5.74, 6) is 1.22. The van der Waals surface area contributed by atoms with Gasteiger partial charge in [0.2, 0.25) is 0 Å². The van der Waals surface area contributed by atoms with Gasteiger partial charge in [-0.05, 0) is 43.1 Å². The number of aryl methyl sites for hydroxylation is 1. The minimum Gasteiger partial charge on any atom is -0.393 e. The molecule has 1 fully saturated rings. The lowest BCUT2D eigenvalue weighted by molar-refractivity contribution is 0.126. The molecule has 1 saturated carbocycles. The average molecular weight is 204 g/mol. The first-order valence-electron chi connectivity index (χ1n) is 5.99. The molecule has 1 aromatic carbocycles. The summed E-state index contributed by atoms with van der Waals surface area (Å²) in [5, 5.41) is 9.67. The second-order valence-corrected chi connectivity index (χ2v) is 4.79. The van der Waals surface area contributed by atoms with E-state index in [1.54, 1.807) is 0 Å². The summed E-state index contributed by atoms with van der Waals surface area (Å²) in [5.41, 5.74) is 1.42. The zero-order valence-corrected chi connectivity index (χ0v) is 9.39. The van der Waals surface area contributed by atoms with Gasteiger partial charge < -0.3 is 5.11 Å². The Morgan fingerprint density at radius 2 is 1.93 bits per heavy atom. The van der Waals surface area contributed by atoms with E-state index in [-0.39, 0.29) is 6.10 Å². The third-order valence-corrected chi connectivity index (χ3v) is 3.83. The molecule has 15 heavy (non-hydrogen) atoms. The van der Waals surface area contributed by atoms with E-state index in [9.17, 15) is 5.11 Å². The molecule has 0 radical (unpaired) electrons. The predicted molar refractivity (Wildman–Crippen MR) is 62.7 cm³/mol. The minimum absolute atomic E-state index is 0.0502. The quantitative estimate of drug-likeness (QED) is 0.802. The van der Waals surface area contributed by atoms with Crippen LogP contribution in [0.15, 0.2) is 30.3 Å². The fourth-order valence-corrected chi connectivity index (χ4v) is 2.63. The summed E-state index contributed by atoms with van der Waals surface area (Å²) < 4.78 is 0. The number of aliphatic hydroxyl groups excluding tert-OH is 1. The van der Waals surface area contributed by atoms with Crippen LogP contribution in [0.3, 0.4) is 0 Å². The van der Waals surface area contributed by atoms with Gasteiger partial charge in [0.05, 0.1) is 6.10 Å². The van der Waals surface area contributed by atoms with Crippen LogP contribution in [0.4, 0.5) is 0 Å². The molecule has 1 heteroatoms. The lowest BCUT2D eigenvalue weighted by Gasteiger charge is -2.17. The molecule has 1 nitrogen and oxygen atoms in total. The summed E-state index contributed by atoms with van der Waals surface area (Å²) >= 11 is 0. The van der Waals surface area contributed by atoms with E-state index in [1.807, 2.05) is 0 Å². The molecule has 1 aromatic rings. The Bertz CT molecular complexity index is 293. The molecule has 0 bridgehead atoms. The van der Waals surface area contributed by atoms with Gasteiger partial charge >= 0.3 is 0 Å². The van der Waals surface area contributed by atoms with E-state index in [0.717, 1.165) is 18.8 Å². The highest BCUT2D eigenvalue weighted by Crippen LogP contribution is 2.34. The van der Waals surface area contributed by atoms with Gasteiger partial charge in [-0.15, -0.1) is 0 Å². The average Bonchev–Trinajstić information content (AvgIpc) is 2.59. The lowest BCUT2D eigenvalue weighted by atomic mass is 9.91. The topological polar surface area (TPSA) is 20.2 Å². The summed E-state index contributed by atoms with van der Waals surface area (Å²) in [6.45, 7) is 2.19. The molecule has 3 unspecified atom stereocenters. The van der Waals surface area contributed by atoms with Crippen LogP contribution < -0.4 is 0 Å². The maximum atomic E-state index is 9.67. The zero-order chi connectivity index (χ0) is 10.7. The van der Waals surface area contributed by atoms with E-state index < -0.39 is 0 Å². The Morgan fingerprint density at radius 1 is 1.20 bits per heavy atom. The Kier molecular flexibility index (Phi) is 3.42. The number of hydrogen-bond acceptors (Lipinski definition) is 1. The van der Waals surface area contributed by atoms with Crippen molar-refractivity contribution >= 4 is 0 Å². The summed E-state index contributed by atoms with van der Waals surface area (Å²) in [6.07, 6.45) is 4.53. The van der Waals surface area contributed by atoms with Gasteiger partial charge in [0.25, 0.3) is 0 Å². The van der Waals surface area contributed by atoms with Crippen molar-refractivity contribution < 1.29 is 5.11 Å². The first kappa shape index (κ1) is 10.7. The number of hydrogen-bond donors (Lipinski definition) is 1. The molecule has 82 valence electrons. The third-order valence-electron chi connectivity index (χ3n) is 3.83. The van der Waals surface area contributed by atoms with Crippen LogP contribution in [0.2, 0.25) is 0 Å². The molecule has 1 N–H and O–H groups in total. The van der Waals surface area contributed by atoms with Crippen LogP contribution in [-0.2, 0) is 6.42 Å². The highest BCUT2D eigenvalue weighted by atomic mass is 16.3. The Hall–Kier alpha value is -0.820. The van der Waals surface area contributed by atoms with Crippen molar-refractivity contribution in [1.29, 1.82) is 0 Å². The van der Waals surface area contributed by atoms with Crippen LogP contribution in [0.1, 0.15) is 31.7 Å². The molecule has 2 rings (SSSR count). The number of aliphatic hydroxyl groups is 1. The zero-order valence-electron chi connectivity index (χ0n) is 9.39. The minimum atomic E-state index is -0.0502. The van der Waals surface area contributed by atoms with Gasteiger partial charge in [0.15, 0.2) is 0 Å². The van der Waals surface area contributed by atoms with Crippen LogP contribution in [-0.4, -0.2) is 11.2 Å². The van der Waals surface area contributed by atoms with E-state index in [1.165, 1.54) is 18.4 Å². The highest BCUT2D eigenvalue weighted by molar-refractivity contribution is 5.14. The molecule has 0 spiro atoms. The SMILES string of the molecule is CC1C(O)CCC1CCc1ccccc1. The van der Waals surface area contributed by atoms with Crippen molar-refractivity contribution in [3.63, 3.8) is 0 Å². The van der Waals surface area contributed by atoms with Crippen molar-refractivity contribution in [3.05, 3.63) is 35.9 Å². The smallest absolute Gasteiger partial charge is 0.0568 e. The molecule has 3 atom stereocenters. The monoisotopic (exact) mass is 204 g/mol. The number of rotatable bonds is 3. The van der Waals surface area contributed by atoms with Crippen molar-refractivity contribution in [3.8, 4) is 0 Å². The molecule has 1 aliphatic rings. The van der Waals surface area contributed by atoms with E-state index in [0.29, 0.717) is 5.92 Å². The standard InChI is InChI=1S/C14H20O/c1-11-13(9-10-14(11)15)8-7-12-5-3-2-4-6-12/h2-6,11,13-15H,7-10H2,1H3. The second kappa shape index (κ2) is 4.80. The van der Waals surface area contributed by atoms with Gasteiger partial charge in [0.1, 0.15) is 0 Å². The van der Waals surface area contributed by atoms with E-state index >= 15 is 0 Å². The molecule has 0 aliphatic heterocycles. The Labute approximate surface area is 92.1 Å². The van der Waals surface area contributed by atoms with Crippen molar-refractivity contribution in [2.75, 3.05) is 0 Å². The normalized spacial score (nSPS) is 30.7. The first-order chi connectivity index (χ1) is 7.27. The molecule has 1 aliphatic carbocycles. The summed E-state index contributed by atoms with van der Waals surface area (Å²) in [6, 6.07) is 10.6. The van der Waals surface area contributed by atoms with Gasteiger partial charge in [-0.1, -0.05) is 37.3 Å². The van der Waals surface area contributed by atoms with Crippen molar-refractivity contribution in [1.82, 2.24) is 0 Å². The second-order valence-electron chi connectivity index (χ2n) is 4.79. The Balaban J connectivity index is 1.84. The van der Waals surface area contributed by atoms with Crippen LogP contribution >= 0.6 is 0 Å². The fourth-order valence-electron chi connectivity index (χ4n) is 2.63. The molecule has 0 heterocycles. The van der Waals surface area contributed by atoms with Gasteiger partial charge in [-0.2, -0.15) is 0 Å². The fraction of sp³-hybridized carbons (Fsp3) is 0.571. The predicted octanol–water partition coefficient (Wildman–Crippen LogP) is 3.03. The third kappa shape index (κ3) is 2.60. The summed E-state index contributed by atoms with van der Waals surface area (Å²) in [4.78, 5) is 0. The molecule has 0 amide bonds. The van der Waals surface area contributed by atoms with Crippen LogP contribution in [0.25, 0.3) is 0 Å². The van der Waals surface area contributed by atoms with E-state index in [2.05, 4.69) is 37.3 Å². The lowest BCUT2D eigenvalue weighted by Crippen LogP contribution is -2.15. The van der Waals surface area contributed by atoms with Crippen LogP contribution in [0, 0.1) is 11.8 Å². The van der Waals surface area contributed by atoms with Gasteiger partial charge in [0, 0.05) is 0 Å². The molecule has 0 aromatic heterocycles. The van der Waals surface area contributed by atoms with Gasteiger partial charge in [-0.3, -0.25) is 0 Å². The maximum absolute atomic E-state index is 9.67. The molecular weight excluding hydrogens is 184 g/mol.